The zero-order valence-corrected chi connectivity index (χ0v) is 21.0. The Morgan fingerprint density at radius 3 is 2.50 bits per heavy atom. The highest BCUT2D eigenvalue weighted by Crippen LogP contribution is 2.49. The second kappa shape index (κ2) is 9.30. The van der Waals surface area contributed by atoms with Crippen molar-refractivity contribution in [1.82, 2.24) is 19.7 Å². The van der Waals surface area contributed by atoms with Crippen LogP contribution in [0.25, 0.3) is 0 Å². The zero-order chi connectivity index (χ0) is 23.8. The third kappa shape index (κ3) is 4.22. The Bertz CT molecular complexity index is 997. The number of anilines is 1. The van der Waals surface area contributed by atoms with Crippen molar-refractivity contribution in [3.05, 3.63) is 47.5 Å². The minimum absolute atomic E-state index is 0.0205. The summed E-state index contributed by atoms with van der Waals surface area (Å²) < 4.78 is 0. The van der Waals surface area contributed by atoms with Crippen LogP contribution in [-0.4, -0.2) is 70.9 Å². The van der Waals surface area contributed by atoms with E-state index in [1.165, 1.54) is 36.2 Å². The normalized spacial score (nSPS) is 27.4. The fourth-order valence-electron chi connectivity index (χ4n) is 6.13. The number of thiazole rings is 1. The molecule has 2 saturated carbocycles. The second-order valence-corrected chi connectivity index (χ2v) is 11.3. The SMILES string of the molecule is CN(C)C1(c2ccccc2)CCC2(CC1)CN(CC(=O)Nc1nccs1)C(=O)N2CC1CCC1. The maximum Gasteiger partial charge on any atom is 0.321 e. The average molecular weight is 482 g/mol. The van der Waals surface area contributed by atoms with Crippen LogP contribution in [0.3, 0.4) is 0 Å². The van der Waals surface area contributed by atoms with E-state index >= 15 is 0 Å². The van der Waals surface area contributed by atoms with E-state index in [1.807, 2.05) is 5.38 Å². The first-order valence-corrected chi connectivity index (χ1v) is 13.3. The number of carbonyl (C=O) groups excluding carboxylic acids is 2. The number of nitrogens with one attached hydrogen (secondary N) is 1. The summed E-state index contributed by atoms with van der Waals surface area (Å²) in [5.74, 6) is 0.422. The Kier molecular flexibility index (Phi) is 6.37. The lowest BCUT2D eigenvalue weighted by Gasteiger charge is -2.51. The molecule has 2 heterocycles. The maximum absolute atomic E-state index is 13.6. The topological polar surface area (TPSA) is 68.8 Å². The summed E-state index contributed by atoms with van der Waals surface area (Å²) in [6.07, 6.45) is 9.23. The Hall–Kier alpha value is -2.45. The molecule has 0 atom stereocenters. The van der Waals surface area contributed by atoms with Gasteiger partial charge in [-0.2, -0.15) is 0 Å². The molecule has 0 bridgehead atoms. The number of aromatic nitrogens is 1. The molecule has 182 valence electrons. The molecule has 1 N–H and O–H groups in total. The van der Waals surface area contributed by atoms with Crippen molar-refractivity contribution in [2.75, 3.05) is 39.0 Å². The Morgan fingerprint density at radius 1 is 1.18 bits per heavy atom. The summed E-state index contributed by atoms with van der Waals surface area (Å²) in [5.41, 5.74) is 1.14. The van der Waals surface area contributed by atoms with E-state index in [9.17, 15) is 9.59 Å². The van der Waals surface area contributed by atoms with Crippen LogP contribution in [0.2, 0.25) is 0 Å². The largest absolute Gasteiger partial charge is 0.321 e. The van der Waals surface area contributed by atoms with Crippen molar-refractivity contribution >= 4 is 28.4 Å². The van der Waals surface area contributed by atoms with Gasteiger partial charge in [0.25, 0.3) is 0 Å². The minimum Gasteiger partial charge on any atom is -0.317 e. The van der Waals surface area contributed by atoms with E-state index in [0.29, 0.717) is 17.6 Å². The molecule has 1 spiro atoms. The van der Waals surface area contributed by atoms with Crippen LogP contribution in [0.4, 0.5) is 9.93 Å². The zero-order valence-electron chi connectivity index (χ0n) is 20.2. The van der Waals surface area contributed by atoms with Crippen molar-refractivity contribution in [3.8, 4) is 0 Å². The van der Waals surface area contributed by atoms with Crippen LogP contribution >= 0.6 is 11.3 Å². The Labute approximate surface area is 206 Å². The predicted molar refractivity (Wildman–Crippen MR) is 135 cm³/mol. The van der Waals surface area contributed by atoms with Gasteiger partial charge in [0.1, 0.15) is 6.54 Å². The molecule has 0 radical (unpaired) electrons. The van der Waals surface area contributed by atoms with Gasteiger partial charge in [0.05, 0.1) is 5.54 Å². The number of hydrogen-bond acceptors (Lipinski definition) is 5. The molecule has 34 heavy (non-hydrogen) atoms. The Balaban J connectivity index is 1.35. The predicted octanol–water partition coefficient (Wildman–Crippen LogP) is 4.39. The molecule has 3 fully saturated rings. The van der Waals surface area contributed by atoms with E-state index in [1.54, 1.807) is 11.1 Å². The van der Waals surface area contributed by atoms with Gasteiger partial charge in [-0.15, -0.1) is 11.3 Å². The Morgan fingerprint density at radius 2 is 1.91 bits per heavy atom. The van der Waals surface area contributed by atoms with Crippen molar-refractivity contribution in [2.45, 2.75) is 56.0 Å². The van der Waals surface area contributed by atoms with Gasteiger partial charge >= 0.3 is 6.03 Å². The van der Waals surface area contributed by atoms with Crippen molar-refractivity contribution < 1.29 is 9.59 Å². The molecule has 1 aromatic carbocycles. The number of rotatable bonds is 7. The van der Waals surface area contributed by atoms with E-state index in [0.717, 1.165) is 32.2 Å². The molecule has 3 aliphatic rings. The van der Waals surface area contributed by atoms with Gasteiger partial charge in [-0.05, 0) is 64.1 Å². The van der Waals surface area contributed by atoms with Gasteiger partial charge in [-0.25, -0.2) is 9.78 Å². The molecular formula is C26H35N5O2S. The highest BCUT2D eigenvalue weighted by Gasteiger charge is 2.55. The van der Waals surface area contributed by atoms with E-state index < -0.39 is 0 Å². The lowest BCUT2D eigenvalue weighted by Crippen LogP contribution is -2.56. The smallest absolute Gasteiger partial charge is 0.317 e. The van der Waals surface area contributed by atoms with Crippen molar-refractivity contribution in [1.29, 1.82) is 0 Å². The lowest BCUT2D eigenvalue weighted by atomic mass is 9.68. The lowest BCUT2D eigenvalue weighted by molar-refractivity contribution is -0.116. The highest BCUT2D eigenvalue weighted by molar-refractivity contribution is 7.13. The minimum atomic E-state index is -0.192. The molecular weight excluding hydrogens is 446 g/mol. The molecule has 7 nitrogen and oxygen atoms in total. The quantitative estimate of drug-likeness (QED) is 0.637. The van der Waals surface area contributed by atoms with Crippen LogP contribution in [0.1, 0.15) is 50.5 Å². The third-order valence-corrected chi connectivity index (χ3v) is 9.10. The van der Waals surface area contributed by atoms with Crippen LogP contribution in [0.5, 0.6) is 0 Å². The summed E-state index contributed by atoms with van der Waals surface area (Å²) >= 11 is 1.39. The fourth-order valence-corrected chi connectivity index (χ4v) is 6.67. The maximum atomic E-state index is 13.6. The summed E-state index contributed by atoms with van der Waals surface area (Å²) in [5, 5.41) is 5.25. The van der Waals surface area contributed by atoms with E-state index in [2.05, 4.69) is 64.5 Å². The van der Waals surface area contributed by atoms with Gasteiger partial charge in [0.15, 0.2) is 5.13 Å². The number of nitrogens with zero attached hydrogens (tertiary/aromatic N) is 4. The molecule has 5 rings (SSSR count). The summed E-state index contributed by atoms with van der Waals surface area (Å²) in [7, 11) is 4.35. The van der Waals surface area contributed by atoms with Crippen LogP contribution in [0.15, 0.2) is 41.9 Å². The first-order chi connectivity index (χ1) is 16.4. The molecule has 1 saturated heterocycles. The summed E-state index contributed by atoms with van der Waals surface area (Å²) in [6.45, 7) is 1.53. The number of carbonyl (C=O) groups is 2. The molecule has 2 aromatic rings. The standard InChI is InChI=1S/C26H35N5O2S/c1-29(2)26(21-9-4-3-5-10-21)13-11-25(12-14-26)19-30(18-22(32)28-23-27-15-16-34-23)24(33)31(25)17-20-7-6-8-20/h3-5,9-10,15-16,20H,6-8,11-14,17-19H2,1-2H3,(H,27,28,32). The first-order valence-electron chi connectivity index (χ1n) is 12.4. The molecule has 2 aliphatic carbocycles. The van der Waals surface area contributed by atoms with Gasteiger partial charge in [-0.3, -0.25) is 9.69 Å². The second-order valence-electron chi connectivity index (χ2n) is 10.4. The van der Waals surface area contributed by atoms with Gasteiger partial charge in [-0.1, -0.05) is 36.8 Å². The van der Waals surface area contributed by atoms with E-state index in [-0.39, 0.29) is 29.6 Å². The number of urea groups is 1. The molecule has 1 aliphatic heterocycles. The number of benzene rings is 1. The van der Waals surface area contributed by atoms with Crippen LogP contribution < -0.4 is 5.32 Å². The molecule has 8 heteroatoms. The number of amides is 3. The van der Waals surface area contributed by atoms with Gasteiger partial charge < -0.3 is 15.1 Å². The fraction of sp³-hybridized carbons (Fsp3) is 0.577. The van der Waals surface area contributed by atoms with Crippen LogP contribution in [-0.2, 0) is 10.3 Å². The average Bonchev–Trinajstić information content (AvgIpc) is 3.39. The molecule has 3 amide bonds. The number of hydrogen-bond donors (Lipinski definition) is 1. The van der Waals surface area contributed by atoms with Crippen molar-refractivity contribution in [2.24, 2.45) is 5.92 Å². The van der Waals surface area contributed by atoms with Gasteiger partial charge in [0, 0.05) is 30.2 Å². The highest BCUT2D eigenvalue weighted by atomic mass is 32.1. The molecule has 1 aromatic heterocycles. The monoisotopic (exact) mass is 481 g/mol. The summed E-state index contributed by atoms with van der Waals surface area (Å²) in [6, 6.07) is 10.8. The third-order valence-electron chi connectivity index (χ3n) is 8.41. The molecule has 0 unspecified atom stereocenters. The van der Waals surface area contributed by atoms with E-state index in [4.69, 9.17) is 0 Å². The van der Waals surface area contributed by atoms with Crippen LogP contribution in [0, 0.1) is 5.92 Å². The summed E-state index contributed by atoms with van der Waals surface area (Å²) in [4.78, 5) is 36.7. The van der Waals surface area contributed by atoms with Crippen molar-refractivity contribution in [3.63, 3.8) is 0 Å². The first kappa shape index (κ1) is 23.3. The van der Waals surface area contributed by atoms with Gasteiger partial charge in [0.2, 0.25) is 5.91 Å².